The number of aliphatic hydroxyl groups is 1. The number of rotatable bonds is 0. The van der Waals surface area contributed by atoms with Gasteiger partial charge in [-0.1, -0.05) is 6.08 Å². The van der Waals surface area contributed by atoms with Crippen LogP contribution < -0.4 is 0 Å². The predicted octanol–water partition coefficient (Wildman–Crippen LogP) is -0.341. The van der Waals surface area contributed by atoms with E-state index in [9.17, 15) is 0 Å². The molecule has 2 aliphatic heterocycles. The van der Waals surface area contributed by atoms with E-state index >= 15 is 0 Å². The second kappa shape index (κ2) is 1.80. The van der Waals surface area contributed by atoms with Gasteiger partial charge in [-0.2, -0.15) is 0 Å². The Kier molecular flexibility index (Phi) is 1.08. The van der Waals surface area contributed by atoms with Crippen LogP contribution in [0, 0.1) is 0 Å². The molecule has 1 fully saturated rings. The van der Waals surface area contributed by atoms with Gasteiger partial charge >= 0.3 is 0 Å². The van der Waals surface area contributed by atoms with E-state index in [-0.39, 0.29) is 12.4 Å². The molecule has 0 aliphatic carbocycles. The fourth-order valence-electron chi connectivity index (χ4n) is 1.05. The van der Waals surface area contributed by atoms with Crippen molar-refractivity contribution < 1.29 is 14.6 Å². The minimum absolute atomic E-state index is 0.125. The standard InChI is InChI=1S/C6H8O3/c7-4-1-2-6-8-3-5(4)9-6/h1-2,4-7H,3H2/t4-,5-,6-/m1/s1. The van der Waals surface area contributed by atoms with Crippen molar-refractivity contribution in [3.05, 3.63) is 12.2 Å². The summed E-state index contributed by atoms with van der Waals surface area (Å²) in [5, 5.41) is 9.10. The van der Waals surface area contributed by atoms with Gasteiger partial charge in [0.1, 0.15) is 12.2 Å². The predicted molar refractivity (Wildman–Crippen MR) is 29.8 cm³/mol. The molecule has 3 heteroatoms. The Hall–Kier alpha value is -0.380. The second-order valence-corrected chi connectivity index (χ2v) is 2.25. The Morgan fingerprint density at radius 1 is 1.44 bits per heavy atom. The molecule has 3 nitrogen and oxygen atoms in total. The lowest BCUT2D eigenvalue weighted by Crippen LogP contribution is -2.29. The van der Waals surface area contributed by atoms with Gasteiger partial charge in [0.15, 0.2) is 6.29 Å². The molecule has 0 radical (unpaired) electrons. The van der Waals surface area contributed by atoms with E-state index in [2.05, 4.69) is 0 Å². The summed E-state index contributed by atoms with van der Waals surface area (Å²) in [5.74, 6) is 0. The van der Waals surface area contributed by atoms with Crippen molar-refractivity contribution >= 4 is 0 Å². The molecule has 0 aromatic rings. The summed E-state index contributed by atoms with van der Waals surface area (Å²) in [6, 6.07) is 0. The normalized spacial score (nSPS) is 47.9. The van der Waals surface area contributed by atoms with Gasteiger partial charge in [-0.3, -0.25) is 0 Å². The first-order valence-corrected chi connectivity index (χ1v) is 3.00. The molecule has 2 heterocycles. The number of hydrogen-bond acceptors (Lipinski definition) is 3. The molecule has 0 unspecified atom stereocenters. The Morgan fingerprint density at radius 2 is 2.33 bits per heavy atom. The molecule has 50 valence electrons. The van der Waals surface area contributed by atoms with Crippen molar-refractivity contribution in [1.29, 1.82) is 0 Å². The average molecular weight is 128 g/mol. The average Bonchev–Trinajstić information content (AvgIpc) is 2.25. The Labute approximate surface area is 52.9 Å². The van der Waals surface area contributed by atoms with Gasteiger partial charge in [-0.25, -0.2) is 0 Å². The van der Waals surface area contributed by atoms with E-state index < -0.39 is 6.10 Å². The number of fused-ring (bicyclic) bond motifs is 2. The molecule has 2 aliphatic rings. The van der Waals surface area contributed by atoms with Crippen LogP contribution >= 0.6 is 0 Å². The highest BCUT2D eigenvalue weighted by molar-refractivity contribution is 5.02. The number of hydrogen-bond donors (Lipinski definition) is 1. The Morgan fingerprint density at radius 3 is 3.11 bits per heavy atom. The Balaban J connectivity index is 2.19. The van der Waals surface area contributed by atoms with Gasteiger partial charge in [0.2, 0.25) is 0 Å². The van der Waals surface area contributed by atoms with Gasteiger partial charge < -0.3 is 14.6 Å². The quantitative estimate of drug-likeness (QED) is 0.453. The summed E-state index contributed by atoms with van der Waals surface area (Å²) in [5.41, 5.74) is 0. The van der Waals surface area contributed by atoms with Gasteiger partial charge in [0.05, 0.1) is 6.61 Å². The van der Waals surface area contributed by atoms with Crippen LogP contribution in [0.2, 0.25) is 0 Å². The molecule has 9 heavy (non-hydrogen) atoms. The third-order valence-electron chi connectivity index (χ3n) is 1.58. The molecular weight excluding hydrogens is 120 g/mol. The lowest BCUT2D eigenvalue weighted by atomic mass is 10.2. The molecule has 0 aromatic carbocycles. The van der Waals surface area contributed by atoms with Crippen molar-refractivity contribution in [2.75, 3.05) is 6.61 Å². The van der Waals surface area contributed by atoms with E-state index in [4.69, 9.17) is 14.6 Å². The van der Waals surface area contributed by atoms with E-state index in [0.717, 1.165) is 0 Å². The fourth-order valence-corrected chi connectivity index (χ4v) is 1.05. The first-order chi connectivity index (χ1) is 4.36. The minimum atomic E-state index is -0.469. The lowest BCUT2D eigenvalue weighted by Gasteiger charge is -2.16. The molecular formula is C6H8O3. The van der Waals surface area contributed by atoms with E-state index in [1.54, 1.807) is 12.2 Å². The van der Waals surface area contributed by atoms with Crippen LogP contribution in [0.25, 0.3) is 0 Å². The molecule has 3 atom stereocenters. The summed E-state index contributed by atoms with van der Waals surface area (Å²) in [7, 11) is 0. The van der Waals surface area contributed by atoms with Gasteiger partial charge in [-0.15, -0.1) is 0 Å². The van der Waals surface area contributed by atoms with Crippen LogP contribution in [-0.4, -0.2) is 30.2 Å². The first kappa shape index (κ1) is 5.41. The summed E-state index contributed by atoms with van der Waals surface area (Å²) >= 11 is 0. The maximum atomic E-state index is 9.10. The van der Waals surface area contributed by atoms with Crippen molar-refractivity contribution in [3.8, 4) is 0 Å². The molecule has 0 aromatic heterocycles. The molecule has 2 rings (SSSR count). The van der Waals surface area contributed by atoms with E-state index in [0.29, 0.717) is 6.61 Å². The monoisotopic (exact) mass is 128 g/mol. The largest absolute Gasteiger partial charge is 0.386 e. The van der Waals surface area contributed by atoms with Crippen molar-refractivity contribution in [1.82, 2.24) is 0 Å². The summed E-state index contributed by atoms with van der Waals surface area (Å²) in [4.78, 5) is 0. The number of aliphatic hydroxyl groups excluding tert-OH is 1. The van der Waals surface area contributed by atoms with Crippen molar-refractivity contribution in [2.45, 2.75) is 18.5 Å². The van der Waals surface area contributed by atoms with Crippen LogP contribution in [0.15, 0.2) is 12.2 Å². The van der Waals surface area contributed by atoms with Gasteiger partial charge in [0.25, 0.3) is 0 Å². The van der Waals surface area contributed by atoms with Crippen LogP contribution in [-0.2, 0) is 9.47 Å². The summed E-state index contributed by atoms with van der Waals surface area (Å²) < 4.78 is 10.2. The summed E-state index contributed by atoms with van der Waals surface area (Å²) in [6.07, 6.45) is 2.65. The van der Waals surface area contributed by atoms with Gasteiger partial charge in [0, 0.05) is 0 Å². The molecule has 1 N–H and O–H groups in total. The third kappa shape index (κ3) is 0.775. The molecule has 1 saturated heterocycles. The van der Waals surface area contributed by atoms with Crippen LogP contribution in [0.4, 0.5) is 0 Å². The minimum Gasteiger partial charge on any atom is -0.386 e. The maximum absolute atomic E-state index is 9.10. The zero-order valence-electron chi connectivity index (χ0n) is 4.86. The topological polar surface area (TPSA) is 38.7 Å². The smallest absolute Gasteiger partial charge is 0.177 e. The SMILES string of the molecule is O[C@@H]1C=C[C@@H]2OC[C@H]1O2. The Bertz CT molecular complexity index is 143. The molecule has 0 spiro atoms. The van der Waals surface area contributed by atoms with Crippen molar-refractivity contribution in [3.63, 3.8) is 0 Å². The van der Waals surface area contributed by atoms with Crippen LogP contribution in [0.3, 0.4) is 0 Å². The molecule has 0 amide bonds. The fraction of sp³-hybridized carbons (Fsp3) is 0.667. The highest BCUT2D eigenvalue weighted by Gasteiger charge is 2.32. The highest BCUT2D eigenvalue weighted by atomic mass is 16.7. The van der Waals surface area contributed by atoms with E-state index in [1.165, 1.54) is 0 Å². The lowest BCUT2D eigenvalue weighted by molar-refractivity contribution is -0.0529. The van der Waals surface area contributed by atoms with Crippen molar-refractivity contribution in [2.24, 2.45) is 0 Å². The van der Waals surface area contributed by atoms with Crippen LogP contribution in [0.1, 0.15) is 0 Å². The highest BCUT2D eigenvalue weighted by Crippen LogP contribution is 2.20. The molecule has 0 saturated carbocycles. The maximum Gasteiger partial charge on any atom is 0.177 e. The first-order valence-electron chi connectivity index (χ1n) is 3.00. The zero-order valence-corrected chi connectivity index (χ0v) is 4.86. The zero-order chi connectivity index (χ0) is 6.27. The second-order valence-electron chi connectivity index (χ2n) is 2.25. The van der Waals surface area contributed by atoms with Gasteiger partial charge in [-0.05, 0) is 6.08 Å². The third-order valence-corrected chi connectivity index (χ3v) is 1.58. The van der Waals surface area contributed by atoms with Crippen LogP contribution in [0.5, 0.6) is 0 Å². The number of ether oxygens (including phenoxy) is 2. The van der Waals surface area contributed by atoms with E-state index in [1.807, 2.05) is 0 Å². The summed E-state index contributed by atoms with van der Waals surface area (Å²) in [6.45, 7) is 0.513. The molecule has 2 bridgehead atoms.